The molecular formula is C11H13ClN2S. The molecule has 0 radical (unpaired) electrons. The van der Waals surface area contributed by atoms with Gasteiger partial charge in [0.2, 0.25) is 0 Å². The van der Waals surface area contributed by atoms with Crippen molar-refractivity contribution in [2.45, 2.75) is 0 Å². The number of nitrogens with two attached hydrogens (primary N) is 1. The van der Waals surface area contributed by atoms with Gasteiger partial charge in [-0.3, -0.25) is 0 Å². The Hall–Kier alpha value is -0.980. The first kappa shape index (κ1) is 12.1. The molecule has 0 spiro atoms. The average Bonchev–Trinajstić information content (AvgIpc) is 2.20. The maximum atomic E-state index is 5.79. The van der Waals surface area contributed by atoms with Crippen LogP contribution in [-0.2, 0) is 0 Å². The van der Waals surface area contributed by atoms with Gasteiger partial charge >= 0.3 is 0 Å². The zero-order chi connectivity index (χ0) is 11.1. The molecule has 0 aliphatic carbocycles. The summed E-state index contributed by atoms with van der Waals surface area (Å²) in [7, 11) is 0. The van der Waals surface area contributed by atoms with E-state index in [0.717, 1.165) is 23.7 Å². The summed E-state index contributed by atoms with van der Waals surface area (Å²) in [6.45, 7) is 0.845. The van der Waals surface area contributed by atoms with Crippen LogP contribution < -0.4 is 11.1 Å². The molecule has 0 bridgehead atoms. The molecule has 0 saturated carbocycles. The second-order valence-electron chi connectivity index (χ2n) is 2.92. The van der Waals surface area contributed by atoms with E-state index in [0.29, 0.717) is 10.7 Å². The third-order valence-electron chi connectivity index (χ3n) is 1.76. The number of nitrogen functional groups attached to an aromatic ring is 1. The van der Waals surface area contributed by atoms with E-state index < -0.39 is 0 Å². The van der Waals surface area contributed by atoms with Gasteiger partial charge < -0.3 is 11.1 Å². The van der Waals surface area contributed by atoms with Crippen LogP contribution in [0.25, 0.3) is 0 Å². The van der Waals surface area contributed by atoms with Gasteiger partial charge in [-0.05, 0) is 18.2 Å². The summed E-state index contributed by atoms with van der Waals surface area (Å²) < 4.78 is 0. The average molecular weight is 241 g/mol. The molecule has 1 rings (SSSR count). The predicted molar refractivity (Wildman–Crippen MR) is 70.5 cm³/mol. The maximum absolute atomic E-state index is 5.79. The summed E-state index contributed by atoms with van der Waals surface area (Å²) >= 11 is 7.50. The predicted octanol–water partition coefficient (Wildman–Crippen LogP) is 2.70. The van der Waals surface area contributed by atoms with Gasteiger partial charge in [0.05, 0.1) is 17.1 Å². The smallest absolute Gasteiger partial charge is 0.0575 e. The van der Waals surface area contributed by atoms with Gasteiger partial charge in [0.15, 0.2) is 0 Å². The quantitative estimate of drug-likeness (QED) is 0.472. The van der Waals surface area contributed by atoms with Crippen molar-refractivity contribution in [3.05, 3.63) is 23.2 Å². The first-order valence-electron chi connectivity index (χ1n) is 4.54. The SMILES string of the molecule is C#CCSCCNc1ccc(Cl)cc1N. The molecule has 0 amide bonds. The van der Waals surface area contributed by atoms with Crippen molar-refractivity contribution >= 4 is 34.7 Å². The zero-order valence-electron chi connectivity index (χ0n) is 8.29. The fourth-order valence-electron chi connectivity index (χ4n) is 1.08. The van der Waals surface area contributed by atoms with E-state index in [-0.39, 0.29) is 0 Å². The van der Waals surface area contributed by atoms with E-state index in [4.69, 9.17) is 23.8 Å². The topological polar surface area (TPSA) is 38.0 Å². The van der Waals surface area contributed by atoms with Gasteiger partial charge in [-0.15, -0.1) is 18.2 Å². The minimum atomic E-state index is 0.653. The molecule has 1 aromatic carbocycles. The van der Waals surface area contributed by atoms with Crippen LogP contribution in [-0.4, -0.2) is 18.1 Å². The van der Waals surface area contributed by atoms with Crippen molar-refractivity contribution in [2.24, 2.45) is 0 Å². The molecular weight excluding hydrogens is 228 g/mol. The molecule has 15 heavy (non-hydrogen) atoms. The molecule has 2 nitrogen and oxygen atoms in total. The summed E-state index contributed by atoms with van der Waals surface area (Å²) in [6.07, 6.45) is 5.14. The van der Waals surface area contributed by atoms with E-state index in [1.807, 2.05) is 12.1 Å². The maximum Gasteiger partial charge on any atom is 0.0575 e. The van der Waals surface area contributed by atoms with Crippen LogP contribution in [0.5, 0.6) is 0 Å². The first-order valence-corrected chi connectivity index (χ1v) is 6.07. The Labute approximate surface area is 99.6 Å². The number of terminal acetylenes is 1. The summed E-state index contributed by atoms with van der Waals surface area (Å²) in [5.74, 6) is 4.29. The molecule has 80 valence electrons. The number of nitrogens with one attached hydrogen (secondary N) is 1. The number of hydrogen-bond donors (Lipinski definition) is 2. The van der Waals surface area contributed by atoms with Crippen molar-refractivity contribution in [2.75, 3.05) is 29.1 Å². The summed E-state index contributed by atoms with van der Waals surface area (Å²) in [6, 6.07) is 5.43. The highest BCUT2D eigenvalue weighted by atomic mass is 35.5. The van der Waals surface area contributed by atoms with Crippen LogP contribution in [0.2, 0.25) is 5.02 Å². The number of benzene rings is 1. The van der Waals surface area contributed by atoms with Crippen LogP contribution in [0.15, 0.2) is 18.2 Å². The number of thioether (sulfide) groups is 1. The molecule has 0 heterocycles. The van der Waals surface area contributed by atoms with Crippen LogP contribution in [0.4, 0.5) is 11.4 Å². The van der Waals surface area contributed by atoms with Crippen molar-refractivity contribution < 1.29 is 0 Å². The third-order valence-corrected chi connectivity index (χ3v) is 2.86. The number of hydrogen-bond acceptors (Lipinski definition) is 3. The normalized spacial score (nSPS) is 9.60. The van der Waals surface area contributed by atoms with Gasteiger partial charge in [0.25, 0.3) is 0 Å². The standard InChI is InChI=1S/C11H13ClN2S/c1-2-6-15-7-5-14-11-4-3-9(12)8-10(11)13/h1,3-4,8,14H,5-7,13H2. The van der Waals surface area contributed by atoms with Gasteiger partial charge in [-0.1, -0.05) is 17.5 Å². The Bertz CT molecular complexity index is 360. The van der Waals surface area contributed by atoms with Crippen LogP contribution in [0, 0.1) is 12.3 Å². The van der Waals surface area contributed by atoms with Gasteiger partial charge in [-0.25, -0.2) is 0 Å². The van der Waals surface area contributed by atoms with Crippen LogP contribution >= 0.6 is 23.4 Å². The zero-order valence-corrected chi connectivity index (χ0v) is 9.87. The van der Waals surface area contributed by atoms with Crippen LogP contribution in [0.3, 0.4) is 0 Å². The summed E-state index contributed by atoms with van der Waals surface area (Å²) in [4.78, 5) is 0. The third kappa shape index (κ3) is 4.37. The Morgan fingerprint density at radius 1 is 1.53 bits per heavy atom. The molecule has 1 aromatic rings. The number of halogens is 1. The number of rotatable bonds is 5. The Balaban J connectivity index is 2.35. The van der Waals surface area contributed by atoms with E-state index in [9.17, 15) is 0 Å². The van der Waals surface area contributed by atoms with E-state index in [1.165, 1.54) is 0 Å². The lowest BCUT2D eigenvalue weighted by Crippen LogP contribution is -2.06. The largest absolute Gasteiger partial charge is 0.397 e. The van der Waals surface area contributed by atoms with E-state index in [2.05, 4.69) is 11.2 Å². The monoisotopic (exact) mass is 240 g/mol. The molecule has 0 aromatic heterocycles. The van der Waals surface area contributed by atoms with Crippen molar-refractivity contribution in [1.29, 1.82) is 0 Å². The molecule has 0 atom stereocenters. The fourth-order valence-corrected chi connectivity index (χ4v) is 1.77. The Morgan fingerprint density at radius 3 is 3.00 bits per heavy atom. The molecule has 0 saturated heterocycles. The highest BCUT2D eigenvalue weighted by Gasteiger charge is 1.98. The minimum Gasteiger partial charge on any atom is -0.397 e. The first-order chi connectivity index (χ1) is 7.24. The molecule has 0 unspecified atom stereocenters. The van der Waals surface area contributed by atoms with Crippen molar-refractivity contribution in [3.8, 4) is 12.3 Å². The summed E-state index contributed by atoms with van der Waals surface area (Å²) in [5.41, 5.74) is 7.36. The molecule has 3 N–H and O–H groups in total. The highest BCUT2D eigenvalue weighted by molar-refractivity contribution is 7.99. The van der Waals surface area contributed by atoms with Gasteiger partial charge in [0.1, 0.15) is 0 Å². The molecule has 0 fully saturated rings. The van der Waals surface area contributed by atoms with Crippen molar-refractivity contribution in [3.63, 3.8) is 0 Å². The Morgan fingerprint density at radius 2 is 2.33 bits per heavy atom. The summed E-state index contributed by atoms with van der Waals surface area (Å²) in [5, 5.41) is 3.88. The number of anilines is 2. The van der Waals surface area contributed by atoms with Gasteiger partial charge in [-0.2, -0.15) is 0 Å². The van der Waals surface area contributed by atoms with E-state index in [1.54, 1.807) is 17.8 Å². The molecule has 4 heteroatoms. The lowest BCUT2D eigenvalue weighted by Gasteiger charge is -2.08. The highest BCUT2D eigenvalue weighted by Crippen LogP contribution is 2.22. The molecule has 0 aliphatic heterocycles. The fraction of sp³-hybridized carbons (Fsp3) is 0.273. The second-order valence-corrected chi connectivity index (χ2v) is 4.46. The van der Waals surface area contributed by atoms with E-state index >= 15 is 0 Å². The Kier molecular flexibility index (Phi) is 5.23. The second kappa shape index (κ2) is 6.49. The van der Waals surface area contributed by atoms with Crippen molar-refractivity contribution in [1.82, 2.24) is 0 Å². The van der Waals surface area contributed by atoms with Gasteiger partial charge in [0, 0.05) is 17.3 Å². The minimum absolute atomic E-state index is 0.653. The molecule has 0 aliphatic rings. The lowest BCUT2D eigenvalue weighted by atomic mass is 10.3. The van der Waals surface area contributed by atoms with Crippen LogP contribution in [0.1, 0.15) is 0 Å². The lowest BCUT2D eigenvalue weighted by molar-refractivity contribution is 1.23.